The standard InChI is InChI=1S/C12H12F3N3O2/c1-7-2-3-8(4-9(7)16)11-17-10(18-20-11)5-19-6-12(13,14)15/h2-4H,5-6,16H2,1H3. The molecule has 2 rings (SSSR count). The second kappa shape index (κ2) is 5.49. The first-order chi connectivity index (χ1) is 9.35. The van der Waals surface area contributed by atoms with E-state index in [-0.39, 0.29) is 18.3 Å². The van der Waals surface area contributed by atoms with Crippen molar-refractivity contribution in [3.05, 3.63) is 29.6 Å². The highest BCUT2D eigenvalue weighted by Gasteiger charge is 2.27. The Morgan fingerprint density at radius 3 is 2.75 bits per heavy atom. The molecule has 0 aliphatic rings. The zero-order valence-corrected chi connectivity index (χ0v) is 10.6. The van der Waals surface area contributed by atoms with Gasteiger partial charge in [-0.3, -0.25) is 0 Å². The quantitative estimate of drug-likeness (QED) is 0.875. The molecular formula is C12H12F3N3O2. The predicted molar refractivity (Wildman–Crippen MR) is 64.6 cm³/mol. The maximum atomic E-state index is 11.9. The van der Waals surface area contributed by atoms with E-state index in [4.69, 9.17) is 10.3 Å². The lowest BCUT2D eigenvalue weighted by Gasteiger charge is -2.04. The molecule has 0 aliphatic carbocycles. The predicted octanol–water partition coefficient (Wildman–Crippen LogP) is 2.71. The van der Waals surface area contributed by atoms with E-state index < -0.39 is 12.8 Å². The Morgan fingerprint density at radius 1 is 1.35 bits per heavy atom. The van der Waals surface area contributed by atoms with Crippen molar-refractivity contribution in [2.24, 2.45) is 0 Å². The molecule has 0 spiro atoms. The number of hydrogen-bond acceptors (Lipinski definition) is 5. The Labute approximate surface area is 112 Å². The van der Waals surface area contributed by atoms with Gasteiger partial charge in [-0.05, 0) is 24.6 Å². The summed E-state index contributed by atoms with van der Waals surface area (Å²) in [6, 6.07) is 5.18. The van der Waals surface area contributed by atoms with Gasteiger partial charge in [0.1, 0.15) is 13.2 Å². The van der Waals surface area contributed by atoms with Gasteiger partial charge < -0.3 is 15.0 Å². The Hall–Kier alpha value is -2.09. The average Bonchev–Trinajstić information content (AvgIpc) is 2.80. The summed E-state index contributed by atoms with van der Waals surface area (Å²) in [7, 11) is 0. The second-order valence-corrected chi connectivity index (χ2v) is 4.20. The van der Waals surface area contributed by atoms with Crippen LogP contribution < -0.4 is 5.73 Å². The molecule has 1 aromatic heterocycles. The number of benzene rings is 1. The number of ether oxygens (including phenoxy) is 1. The number of halogens is 3. The average molecular weight is 287 g/mol. The first kappa shape index (κ1) is 14.3. The minimum atomic E-state index is -4.38. The molecule has 0 aliphatic heterocycles. The Balaban J connectivity index is 2.03. The molecule has 1 heterocycles. The Morgan fingerprint density at radius 2 is 2.10 bits per heavy atom. The molecule has 0 amide bonds. The SMILES string of the molecule is Cc1ccc(-c2nc(COCC(F)(F)F)no2)cc1N. The molecule has 0 bridgehead atoms. The van der Waals surface area contributed by atoms with E-state index in [1.807, 2.05) is 6.92 Å². The van der Waals surface area contributed by atoms with Crippen LogP contribution in [0.4, 0.5) is 18.9 Å². The molecule has 0 fully saturated rings. The van der Waals surface area contributed by atoms with Gasteiger partial charge in [-0.1, -0.05) is 11.2 Å². The van der Waals surface area contributed by atoms with Gasteiger partial charge in [0.05, 0.1) is 0 Å². The highest BCUT2D eigenvalue weighted by atomic mass is 19.4. The first-order valence-electron chi connectivity index (χ1n) is 5.69. The summed E-state index contributed by atoms with van der Waals surface area (Å²) >= 11 is 0. The number of nitrogen functional groups attached to an aromatic ring is 1. The maximum absolute atomic E-state index is 11.9. The van der Waals surface area contributed by atoms with Crippen LogP contribution in [0.5, 0.6) is 0 Å². The van der Waals surface area contributed by atoms with Crippen molar-refractivity contribution in [2.75, 3.05) is 12.3 Å². The third-order valence-electron chi connectivity index (χ3n) is 2.49. The molecule has 8 heteroatoms. The van der Waals surface area contributed by atoms with Gasteiger partial charge in [-0.25, -0.2) is 0 Å². The molecule has 0 saturated carbocycles. The van der Waals surface area contributed by atoms with E-state index >= 15 is 0 Å². The molecule has 2 N–H and O–H groups in total. The summed E-state index contributed by atoms with van der Waals surface area (Å²) in [5.41, 5.74) is 7.82. The fourth-order valence-corrected chi connectivity index (χ4v) is 1.46. The number of aryl methyl sites for hydroxylation is 1. The number of hydrogen-bond donors (Lipinski definition) is 1. The van der Waals surface area contributed by atoms with Crippen LogP contribution in [-0.2, 0) is 11.3 Å². The highest BCUT2D eigenvalue weighted by Crippen LogP contribution is 2.22. The molecule has 0 saturated heterocycles. The normalized spacial score (nSPS) is 11.8. The van der Waals surface area contributed by atoms with Gasteiger partial charge in [0, 0.05) is 11.3 Å². The van der Waals surface area contributed by atoms with Crippen LogP contribution in [0.15, 0.2) is 22.7 Å². The van der Waals surface area contributed by atoms with Crippen molar-refractivity contribution in [2.45, 2.75) is 19.7 Å². The van der Waals surface area contributed by atoms with E-state index in [1.165, 1.54) is 0 Å². The van der Waals surface area contributed by atoms with Gasteiger partial charge >= 0.3 is 6.18 Å². The third-order valence-corrected chi connectivity index (χ3v) is 2.49. The summed E-state index contributed by atoms with van der Waals surface area (Å²) < 4.78 is 45.1. The molecule has 1 aromatic carbocycles. The van der Waals surface area contributed by atoms with Crippen LogP contribution in [0.25, 0.3) is 11.5 Å². The van der Waals surface area contributed by atoms with Crippen molar-refractivity contribution in [1.29, 1.82) is 0 Å². The molecular weight excluding hydrogens is 275 g/mol. The van der Waals surface area contributed by atoms with Crippen molar-refractivity contribution >= 4 is 5.69 Å². The fraction of sp³-hybridized carbons (Fsp3) is 0.333. The Bertz CT molecular complexity index is 596. The van der Waals surface area contributed by atoms with Gasteiger partial charge in [-0.15, -0.1) is 0 Å². The van der Waals surface area contributed by atoms with Gasteiger partial charge in [0.15, 0.2) is 5.82 Å². The van der Waals surface area contributed by atoms with Gasteiger partial charge in [0.25, 0.3) is 5.89 Å². The largest absolute Gasteiger partial charge is 0.411 e. The minimum Gasteiger partial charge on any atom is -0.398 e. The van der Waals surface area contributed by atoms with Crippen LogP contribution in [0.2, 0.25) is 0 Å². The summed E-state index contributed by atoms with van der Waals surface area (Å²) in [6.07, 6.45) is -4.38. The monoisotopic (exact) mass is 287 g/mol. The lowest BCUT2D eigenvalue weighted by Crippen LogP contribution is -2.16. The summed E-state index contributed by atoms with van der Waals surface area (Å²) in [5.74, 6) is 0.228. The van der Waals surface area contributed by atoms with Crippen LogP contribution in [0, 0.1) is 6.92 Å². The molecule has 0 atom stereocenters. The number of nitrogens with zero attached hydrogens (tertiary/aromatic N) is 2. The van der Waals surface area contributed by atoms with Crippen molar-refractivity contribution in [1.82, 2.24) is 10.1 Å². The van der Waals surface area contributed by atoms with E-state index in [2.05, 4.69) is 14.9 Å². The molecule has 5 nitrogen and oxygen atoms in total. The first-order valence-corrected chi connectivity index (χ1v) is 5.69. The fourth-order valence-electron chi connectivity index (χ4n) is 1.46. The zero-order valence-electron chi connectivity index (χ0n) is 10.6. The number of nitrogens with two attached hydrogens (primary N) is 1. The number of alkyl halides is 3. The van der Waals surface area contributed by atoms with Crippen LogP contribution in [0.3, 0.4) is 0 Å². The smallest absolute Gasteiger partial charge is 0.398 e. The molecule has 20 heavy (non-hydrogen) atoms. The lowest BCUT2D eigenvalue weighted by molar-refractivity contribution is -0.177. The molecule has 108 valence electrons. The Kier molecular flexibility index (Phi) is 3.93. The van der Waals surface area contributed by atoms with Gasteiger partial charge in [0.2, 0.25) is 0 Å². The lowest BCUT2D eigenvalue weighted by atomic mass is 10.1. The van der Waals surface area contributed by atoms with E-state index in [9.17, 15) is 13.2 Å². The van der Waals surface area contributed by atoms with Crippen LogP contribution in [-0.4, -0.2) is 22.9 Å². The topological polar surface area (TPSA) is 74.2 Å². The number of anilines is 1. The number of aromatic nitrogens is 2. The van der Waals surface area contributed by atoms with Crippen molar-refractivity contribution < 1.29 is 22.4 Å². The van der Waals surface area contributed by atoms with E-state index in [1.54, 1.807) is 18.2 Å². The highest BCUT2D eigenvalue weighted by molar-refractivity contribution is 5.62. The number of rotatable bonds is 4. The second-order valence-electron chi connectivity index (χ2n) is 4.20. The molecule has 2 aromatic rings. The minimum absolute atomic E-state index is 0.0448. The molecule has 0 radical (unpaired) electrons. The van der Waals surface area contributed by atoms with Crippen LogP contribution >= 0.6 is 0 Å². The summed E-state index contributed by atoms with van der Waals surface area (Å²) in [6.45, 7) is 0.127. The van der Waals surface area contributed by atoms with Crippen molar-refractivity contribution in [3.63, 3.8) is 0 Å². The third kappa shape index (κ3) is 3.70. The molecule has 0 unspecified atom stereocenters. The zero-order chi connectivity index (χ0) is 14.8. The summed E-state index contributed by atoms with van der Waals surface area (Å²) in [5, 5.41) is 3.54. The van der Waals surface area contributed by atoms with E-state index in [0.29, 0.717) is 11.3 Å². The summed E-state index contributed by atoms with van der Waals surface area (Å²) in [4.78, 5) is 3.95. The van der Waals surface area contributed by atoms with E-state index in [0.717, 1.165) is 5.56 Å². The maximum Gasteiger partial charge on any atom is 0.411 e. The van der Waals surface area contributed by atoms with Crippen molar-refractivity contribution in [3.8, 4) is 11.5 Å². The van der Waals surface area contributed by atoms with Crippen LogP contribution in [0.1, 0.15) is 11.4 Å². The van der Waals surface area contributed by atoms with Gasteiger partial charge in [-0.2, -0.15) is 18.2 Å².